The smallest absolute Gasteiger partial charge is 0.408 e. The van der Waals surface area contributed by atoms with E-state index in [4.69, 9.17) is 9.47 Å². The number of carbonyl (C=O) groups excluding carboxylic acids is 5. The molecule has 0 fully saturated rings. The first-order valence-electron chi connectivity index (χ1n) is 14.7. The van der Waals surface area contributed by atoms with Crippen molar-refractivity contribution in [3.8, 4) is 0 Å². The highest BCUT2D eigenvalue weighted by Crippen LogP contribution is 2.15. The number of hydrogen-bond donors (Lipinski definition) is 3. The number of esters is 1. The summed E-state index contributed by atoms with van der Waals surface area (Å²) < 4.78 is 10.2. The quantitative estimate of drug-likeness (QED) is 0.206. The maximum Gasteiger partial charge on any atom is 0.408 e. The lowest BCUT2D eigenvalue weighted by Crippen LogP contribution is -2.60. The predicted octanol–water partition coefficient (Wildman–Crippen LogP) is 3.37. The second-order valence-electron chi connectivity index (χ2n) is 12.0. The number of hydrogen-bond acceptors (Lipinski definition) is 7. The minimum absolute atomic E-state index is 0.00661. The zero-order chi connectivity index (χ0) is 32.9. The second kappa shape index (κ2) is 17.3. The van der Waals surface area contributed by atoms with Crippen LogP contribution in [-0.2, 0) is 35.1 Å². The molecule has 0 aliphatic heterocycles. The molecule has 5 atom stereocenters. The standard InChI is InChI=1S/C32H50N4O7/c1-11-18-36(29(39)24(19-23-16-14-13-15-17-23)33-31(41)43-32(7,8)9)22(6)27(37)35-26(21(5)12-2)28(38)34-25(20(3)4)30(40)42-10/h11,13-17,20-22,24-26H,1,12,18-19H2,2-10H3,(H,33,41)(H,34,38)(H,35,37)/t21-,22?,24-,25-,26-/m0/s1. The SMILES string of the molecule is C=CCN(C(=O)[C@H](Cc1ccccc1)NC(=O)OC(C)(C)C)C(C)C(=O)N[C@H](C(=O)N[C@H](C(=O)OC)C(C)C)[C@@H](C)CC. The van der Waals surface area contributed by atoms with Crippen LogP contribution in [0.3, 0.4) is 0 Å². The molecule has 0 aromatic heterocycles. The van der Waals surface area contributed by atoms with E-state index in [1.165, 1.54) is 18.1 Å². The molecule has 0 heterocycles. The number of rotatable bonds is 15. The fourth-order valence-electron chi connectivity index (χ4n) is 4.26. The van der Waals surface area contributed by atoms with Crippen molar-refractivity contribution in [1.82, 2.24) is 20.9 Å². The molecule has 11 heteroatoms. The van der Waals surface area contributed by atoms with Crippen LogP contribution in [0.5, 0.6) is 0 Å². The molecule has 240 valence electrons. The highest BCUT2D eigenvalue weighted by Gasteiger charge is 2.36. The lowest BCUT2D eigenvalue weighted by atomic mass is 9.96. The average Bonchev–Trinajstić information content (AvgIpc) is 2.94. The Balaban J connectivity index is 3.28. The van der Waals surface area contributed by atoms with Gasteiger partial charge in [0.05, 0.1) is 7.11 Å². The van der Waals surface area contributed by atoms with Crippen molar-refractivity contribution in [3.05, 3.63) is 48.6 Å². The summed E-state index contributed by atoms with van der Waals surface area (Å²) in [5.74, 6) is -2.75. The van der Waals surface area contributed by atoms with Crippen LogP contribution in [0.4, 0.5) is 4.79 Å². The molecule has 1 unspecified atom stereocenters. The number of carbonyl (C=O) groups is 5. The van der Waals surface area contributed by atoms with Gasteiger partial charge in [-0.05, 0) is 45.1 Å². The molecule has 0 radical (unpaired) electrons. The Bertz CT molecular complexity index is 1100. The third kappa shape index (κ3) is 12.1. The Kier molecular flexibility index (Phi) is 14.9. The van der Waals surface area contributed by atoms with Crippen molar-refractivity contribution in [2.45, 2.75) is 98.0 Å². The summed E-state index contributed by atoms with van der Waals surface area (Å²) in [5, 5.41) is 8.15. The monoisotopic (exact) mass is 602 g/mol. The van der Waals surface area contributed by atoms with Crippen molar-refractivity contribution in [3.63, 3.8) is 0 Å². The zero-order valence-electron chi connectivity index (χ0n) is 27.1. The molecule has 0 saturated carbocycles. The number of nitrogens with one attached hydrogen (secondary N) is 3. The van der Waals surface area contributed by atoms with Crippen LogP contribution < -0.4 is 16.0 Å². The molecule has 0 saturated heterocycles. The molecular formula is C32H50N4O7. The Morgan fingerprint density at radius 3 is 2.00 bits per heavy atom. The number of methoxy groups -OCH3 is 1. The lowest BCUT2D eigenvalue weighted by molar-refractivity contribution is -0.147. The van der Waals surface area contributed by atoms with E-state index >= 15 is 0 Å². The molecule has 4 amide bonds. The summed E-state index contributed by atoms with van der Waals surface area (Å²) >= 11 is 0. The molecule has 1 aromatic carbocycles. The van der Waals surface area contributed by atoms with Gasteiger partial charge >= 0.3 is 12.1 Å². The van der Waals surface area contributed by atoms with Crippen LogP contribution in [0.15, 0.2) is 43.0 Å². The van der Waals surface area contributed by atoms with Gasteiger partial charge in [-0.2, -0.15) is 0 Å². The number of nitrogens with zero attached hydrogens (tertiary/aromatic N) is 1. The third-order valence-electron chi connectivity index (χ3n) is 6.94. The molecule has 1 aromatic rings. The molecule has 0 aliphatic carbocycles. The van der Waals surface area contributed by atoms with E-state index in [2.05, 4.69) is 22.5 Å². The van der Waals surface area contributed by atoms with Gasteiger partial charge < -0.3 is 30.3 Å². The summed E-state index contributed by atoms with van der Waals surface area (Å²) in [6.07, 6.45) is 1.43. The lowest BCUT2D eigenvalue weighted by Gasteiger charge is -2.33. The summed E-state index contributed by atoms with van der Waals surface area (Å²) in [5.41, 5.74) is 0.0123. The van der Waals surface area contributed by atoms with Gasteiger partial charge in [-0.25, -0.2) is 9.59 Å². The maximum absolute atomic E-state index is 13.9. The Morgan fingerprint density at radius 1 is 0.930 bits per heavy atom. The van der Waals surface area contributed by atoms with Crippen molar-refractivity contribution in [1.29, 1.82) is 0 Å². The van der Waals surface area contributed by atoms with Gasteiger partial charge in [-0.15, -0.1) is 6.58 Å². The van der Waals surface area contributed by atoms with E-state index in [0.717, 1.165) is 5.56 Å². The fraction of sp³-hybridized carbons (Fsp3) is 0.594. The summed E-state index contributed by atoms with van der Waals surface area (Å²) in [6, 6.07) is 5.20. The van der Waals surface area contributed by atoms with Crippen molar-refractivity contribution >= 4 is 29.8 Å². The van der Waals surface area contributed by atoms with E-state index in [1.54, 1.807) is 41.5 Å². The van der Waals surface area contributed by atoms with Crippen LogP contribution in [0.1, 0.15) is 67.4 Å². The van der Waals surface area contributed by atoms with E-state index in [9.17, 15) is 24.0 Å². The van der Waals surface area contributed by atoms with Crippen LogP contribution >= 0.6 is 0 Å². The fourth-order valence-corrected chi connectivity index (χ4v) is 4.26. The third-order valence-corrected chi connectivity index (χ3v) is 6.94. The van der Waals surface area contributed by atoms with Gasteiger partial charge in [0.25, 0.3) is 0 Å². The van der Waals surface area contributed by atoms with Crippen LogP contribution in [0, 0.1) is 11.8 Å². The van der Waals surface area contributed by atoms with Crippen molar-refractivity contribution in [2.24, 2.45) is 11.8 Å². The normalized spacial score (nSPS) is 14.7. The summed E-state index contributed by atoms with van der Waals surface area (Å²) in [7, 11) is 1.24. The van der Waals surface area contributed by atoms with Crippen molar-refractivity contribution < 1.29 is 33.4 Å². The number of benzene rings is 1. The first-order chi connectivity index (χ1) is 20.1. The Labute approximate surface area is 256 Å². The number of alkyl carbamates (subject to hydrolysis) is 1. The zero-order valence-corrected chi connectivity index (χ0v) is 27.1. The molecule has 43 heavy (non-hydrogen) atoms. The van der Waals surface area contributed by atoms with Gasteiger partial charge in [-0.1, -0.05) is 70.5 Å². The van der Waals surface area contributed by atoms with Crippen LogP contribution in [-0.4, -0.2) is 78.1 Å². The summed E-state index contributed by atoms with van der Waals surface area (Å²) in [6.45, 7) is 17.7. The Hall–Kier alpha value is -3.89. The van der Waals surface area contributed by atoms with E-state index in [-0.39, 0.29) is 24.8 Å². The second-order valence-corrected chi connectivity index (χ2v) is 12.0. The number of ether oxygens (including phenoxy) is 2. The summed E-state index contributed by atoms with van der Waals surface area (Å²) in [4.78, 5) is 67.1. The van der Waals surface area contributed by atoms with Crippen LogP contribution in [0.2, 0.25) is 0 Å². The molecule has 3 N–H and O–H groups in total. The molecule has 11 nitrogen and oxygen atoms in total. The van der Waals surface area contributed by atoms with E-state index in [1.807, 2.05) is 44.2 Å². The molecular weight excluding hydrogens is 552 g/mol. The highest BCUT2D eigenvalue weighted by molar-refractivity contribution is 5.95. The van der Waals surface area contributed by atoms with E-state index < -0.39 is 59.6 Å². The van der Waals surface area contributed by atoms with Gasteiger partial charge in [0.1, 0.15) is 29.8 Å². The van der Waals surface area contributed by atoms with Gasteiger partial charge in [-0.3, -0.25) is 14.4 Å². The topological polar surface area (TPSA) is 143 Å². The maximum atomic E-state index is 13.9. The molecule has 0 aliphatic rings. The van der Waals surface area contributed by atoms with Gasteiger partial charge in [0.2, 0.25) is 17.7 Å². The minimum atomic E-state index is -1.05. The predicted molar refractivity (Wildman–Crippen MR) is 165 cm³/mol. The molecule has 0 spiro atoms. The number of amides is 4. The van der Waals surface area contributed by atoms with Crippen LogP contribution in [0.25, 0.3) is 0 Å². The first-order valence-corrected chi connectivity index (χ1v) is 14.7. The largest absolute Gasteiger partial charge is 0.467 e. The minimum Gasteiger partial charge on any atom is -0.467 e. The van der Waals surface area contributed by atoms with Gasteiger partial charge in [0.15, 0.2) is 0 Å². The average molecular weight is 603 g/mol. The Morgan fingerprint density at radius 2 is 1.51 bits per heavy atom. The highest BCUT2D eigenvalue weighted by atomic mass is 16.6. The van der Waals surface area contributed by atoms with E-state index in [0.29, 0.717) is 6.42 Å². The molecule has 1 rings (SSSR count). The van der Waals surface area contributed by atoms with Crippen molar-refractivity contribution in [2.75, 3.05) is 13.7 Å². The van der Waals surface area contributed by atoms with Gasteiger partial charge in [0, 0.05) is 13.0 Å². The molecule has 0 bridgehead atoms. The first kappa shape index (κ1) is 37.1.